The zero-order valence-corrected chi connectivity index (χ0v) is 10.6. The van der Waals surface area contributed by atoms with Gasteiger partial charge in [-0.15, -0.1) is 0 Å². The summed E-state index contributed by atoms with van der Waals surface area (Å²) in [5.74, 6) is -4.01. The van der Waals surface area contributed by atoms with Crippen LogP contribution in [0.25, 0.3) is 0 Å². The Kier molecular flexibility index (Phi) is 5.57. The van der Waals surface area contributed by atoms with Gasteiger partial charge in [-0.25, -0.2) is 8.78 Å². The Hall–Kier alpha value is -2.51. The summed E-state index contributed by atoms with van der Waals surface area (Å²) >= 11 is 0. The smallest absolute Gasteiger partial charge is 0.313 e. The number of amides is 3. The molecule has 8 heteroatoms. The van der Waals surface area contributed by atoms with Crippen LogP contribution in [0.2, 0.25) is 0 Å². The molecule has 0 saturated heterocycles. The number of carbonyl (C=O) groups is 3. The van der Waals surface area contributed by atoms with Gasteiger partial charge in [-0.2, -0.15) is 0 Å². The molecule has 0 aromatic heterocycles. The fourth-order valence-electron chi connectivity index (χ4n) is 1.27. The van der Waals surface area contributed by atoms with E-state index in [0.29, 0.717) is 0 Å². The minimum absolute atomic E-state index is 0.0392. The standard InChI is InChI=1S/C12H13F2N3O3/c1-7(18)15-4-5-16-11(19)12(20)17-10-6-8(13)2-3-9(10)14/h2-3,6H,4-5H2,1H3,(H,15,18)(H,16,19)(H,17,20). The molecule has 0 bridgehead atoms. The second-order valence-electron chi connectivity index (χ2n) is 3.82. The Labute approximate surface area is 113 Å². The predicted molar refractivity (Wildman–Crippen MR) is 66.7 cm³/mol. The van der Waals surface area contributed by atoms with Crippen molar-refractivity contribution in [3.63, 3.8) is 0 Å². The summed E-state index contributed by atoms with van der Waals surface area (Å²) in [6.45, 7) is 1.50. The molecular formula is C12H13F2N3O3. The molecule has 0 atom stereocenters. The number of hydrogen-bond donors (Lipinski definition) is 3. The molecule has 3 N–H and O–H groups in total. The van der Waals surface area contributed by atoms with Crippen LogP contribution in [0.15, 0.2) is 18.2 Å². The van der Waals surface area contributed by atoms with Crippen molar-refractivity contribution in [1.82, 2.24) is 10.6 Å². The van der Waals surface area contributed by atoms with Crippen molar-refractivity contribution >= 4 is 23.4 Å². The number of carbonyl (C=O) groups excluding carboxylic acids is 3. The van der Waals surface area contributed by atoms with Crippen LogP contribution in [0.3, 0.4) is 0 Å². The van der Waals surface area contributed by atoms with Gasteiger partial charge in [0.2, 0.25) is 5.91 Å². The lowest BCUT2D eigenvalue weighted by Gasteiger charge is -2.07. The lowest BCUT2D eigenvalue weighted by molar-refractivity contribution is -0.136. The van der Waals surface area contributed by atoms with E-state index in [9.17, 15) is 23.2 Å². The van der Waals surface area contributed by atoms with Crippen molar-refractivity contribution in [1.29, 1.82) is 0 Å². The van der Waals surface area contributed by atoms with Gasteiger partial charge in [-0.05, 0) is 12.1 Å². The maximum Gasteiger partial charge on any atom is 0.313 e. The van der Waals surface area contributed by atoms with E-state index in [4.69, 9.17) is 0 Å². The zero-order valence-electron chi connectivity index (χ0n) is 10.6. The Bertz CT molecular complexity index is 535. The average Bonchev–Trinajstić information content (AvgIpc) is 2.38. The molecule has 0 aliphatic rings. The molecule has 0 fully saturated rings. The third-order valence-corrected chi connectivity index (χ3v) is 2.17. The molecule has 1 aromatic carbocycles. The lowest BCUT2D eigenvalue weighted by Crippen LogP contribution is -2.39. The molecule has 0 heterocycles. The first kappa shape index (κ1) is 15.5. The molecule has 20 heavy (non-hydrogen) atoms. The van der Waals surface area contributed by atoms with Gasteiger partial charge in [0.05, 0.1) is 5.69 Å². The Balaban J connectivity index is 2.47. The van der Waals surface area contributed by atoms with Crippen LogP contribution >= 0.6 is 0 Å². The van der Waals surface area contributed by atoms with E-state index in [0.717, 1.165) is 18.2 Å². The van der Waals surface area contributed by atoms with E-state index in [1.165, 1.54) is 6.92 Å². The highest BCUT2D eigenvalue weighted by atomic mass is 19.1. The highest BCUT2D eigenvalue weighted by Crippen LogP contribution is 2.14. The van der Waals surface area contributed by atoms with E-state index < -0.39 is 29.1 Å². The van der Waals surface area contributed by atoms with E-state index in [1.54, 1.807) is 0 Å². The van der Waals surface area contributed by atoms with Crippen molar-refractivity contribution in [2.24, 2.45) is 0 Å². The molecule has 1 aromatic rings. The fraction of sp³-hybridized carbons (Fsp3) is 0.250. The molecule has 0 spiro atoms. The van der Waals surface area contributed by atoms with Crippen molar-refractivity contribution in [2.75, 3.05) is 18.4 Å². The van der Waals surface area contributed by atoms with Gasteiger partial charge in [0, 0.05) is 26.1 Å². The summed E-state index contributed by atoms with van der Waals surface area (Å²) < 4.78 is 26.1. The second-order valence-corrected chi connectivity index (χ2v) is 3.82. The number of hydrogen-bond acceptors (Lipinski definition) is 3. The van der Waals surface area contributed by atoms with Crippen molar-refractivity contribution < 1.29 is 23.2 Å². The molecule has 108 valence electrons. The third kappa shape index (κ3) is 5.01. The molecule has 3 amide bonds. The van der Waals surface area contributed by atoms with Crippen LogP contribution in [0.5, 0.6) is 0 Å². The van der Waals surface area contributed by atoms with Gasteiger partial charge >= 0.3 is 11.8 Å². The number of halogens is 2. The number of rotatable bonds is 4. The van der Waals surface area contributed by atoms with Crippen LogP contribution in [0.1, 0.15) is 6.92 Å². The predicted octanol–water partition coefficient (Wildman–Crippen LogP) is 0.156. The van der Waals surface area contributed by atoms with E-state index >= 15 is 0 Å². The molecule has 0 aliphatic carbocycles. The van der Waals surface area contributed by atoms with E-state index in [2.05, 4.69) is 10.6 Å². The van der Waals surface area contributed by atoms with Gasteiger partial charge in [0.15, 0.2) is 0 Å². The SMILES string of the molecule is CC(=O)NCCNC(=O)C(=O)Nc1cc(F)ccc1F. The van der Waals surface area contributed by atoms with Crippen LogP contribution in [0.4, 0.5) is 14.5 Å². The first-order valence-electron chi connectivity index (χ1n) is 5.69. The number of benzene rings is 1. The van der Waals surface area contributed by atoms with Gasteiger partial charge in [0.1, 0.15) is 11.6 Å². The van der Waals surface area contributed by atoms with E-state index in [1.807, 2.05) is 5.32 Å². The largest absolute Gasteiger partial charge is 0.355 e. The quantitative estimate of drug-likeness (QED) is 0.544. The lowest BCUT2D eigenvalue weighted by atomic mass is 10.3. The minimum atomic E-state index is -1.13. The zero-order chi connectivity index (χ0) is 15.1. The summed E-state index contributed by atoms with van der Waals surface area (Å²) in [4.78, 5) is 33.3. The summed E-state index contributed by atoms with van der Waals surface area (Å²) in [6.07, 6.45) is 0. The van der Waals surface area contributed by atoms with Crippen molar-refractivity contribution in [2.45, 2.75) is 6.92 Å². The highest BCUT2D eigenvalue weighted by molar-refractivity contribution is 6.39. The minimum Gasteiger partial charge on any atom is -0.355 e. The Morgan fingerprint density at radius 3 is 2.35 bits per heavy atom. The number of nitrogens with one attached hydrogen (secondary N) is 3. The fourth-order valence-corrected chi connectivity index (χ4v) is 1.27. The summed E-state index contributed by atoms with van der Waals surface area (Å²) in [6, 6.07) is 2.48. The van der Waals surface area contributed by atoms with Crippen molar-refractivity contribution in [3.05, 3.63) is 29.8 Å². The first-order valence-corrected chi connectivity index (χ1v) is 5.69. The van der Waals surface area contributed by atoms with Gasteiger partial charge in [0.25, 0.3) is 0 Å². The first-order chi connectivity index (χ1) is 9.40. The topological polar surface area (TPSA) is 87.3 Å². The average molecular weight is 285 g/mol. The molecule has 6 nitrogen and oxygen atoms in total. The van der Waals surface area contributed by atoms with Gasteiger partial charge in [-0.1, -0.05) is 0 Å². The van der Waals surface area contributed by atoms with Crippen LogP contribution in [0, 0.1) is 11.6 Å². The second kappa shape index (κ2) is 7.17. The van der Waals surface area contributed by atoms with Gasteiger partial charge in [-0.3, -0.25) is 14.4 Å². The third-order valence-electron chi connectivity index (χ3n) is 2.17. The number of anilines is 1. The van der Waals surface area contributed by atoms with Crippen LogP contribution in [-0.4, -0.2) is 30.8 Å². The Morgan fingerprint density at radius 1 is 1.05 bits per heavy atom. The monoisotopic (exact) mass is 285 g/mol. The van der Waals surface area contributed by atoms with Crippen LogP contribution < -0.4 is 16.0 Å². The molecule has 0 radical (unpaired) electrons. The normalized spacial score (nSPS) is 9.75. The summed E-state index contributed by atoms with van der Waals surface area (Å²) in [7, 11) is 0. The maximum atomic E-state index is 13.2. The molecule has 1 rings (SSSR count). The summed E-state index contributed by atoms with van der Waals surface area (Å²) in [5.41, 5.74) is -0.424. The molecular weight excluding hydrogens is 272 g/mol. The van der Waals surface area contributed by atoms with E-state index in [-0.39, 0.29) is 19.0 Å². The molecule has 0 saturated carbocycles. The van der Waals surface area contributed by atoms with Crippen LogP contribution in [-0.2, 0) is 14.4 Å². The maximum absolute atomic E-state index is 13.2. The van der Waals surface area contributed by atoms with Crippen molar-refractivity contribution in [3.8, 4) is 0 Å². The van der Waals surface area contributed by atoms with Gasteiger partial charge < -0.3 is 16.0 Å². The molecule has 0 aliphatic heterocycles. The highest BCUT2D eigenvalue weighted by Gasteiger charge is 2.15. The Morgan fingerprint density at radius 2 is 1.70 bits per heavy atom. The summed E-state index contributed by atoms with van der Waals surface area (Å²) in [5, 5.41) is 6.57. The molecule has 0 unspecified atom stereocenters.